The van der Waals surface area contributed by atoms with Gasteiger partial charge in [-0.2, -0.15) is 0 Å². The minimum Gasteiger partial charge on any atom is -0.496 e. The lowest BCUT2D eigenvalue weighted by atomic mass is 10.1. The number of aromatic nitrogens is 2. The smallest absolute Gasteiger partial charge is 0.148 e. The Morgan fingerprint density at radius 2 is 1.70 bits per heavy atom. The second-order valence-corrected chi connectivity index (χ2v) is 5.42. The van der Waals surface area contributed by atoms with Gasteiger partial charge in [-0.25, -0.2) is 4.98 Å². The molecule has 0 aliphatic carbocycles. The number of hydrogen-bond acceptors (Lipinski definition) is 4. The van der Waals surface area contributed by atoms with E-state index in [1.165, 1.54) is 0 Å². The zero-order valence-electron chi connectivity index (χ0n) is 13.6. The summed E-state index contributed by atoms with van der Waals surface area (Å²) in [6.07, 6.45) is 0. The van der Waals surface area contributed by atoms with E-state index in [2.05, 4.69) is 17.6 Å². The first-order valence-electron chi connectivity index (χ1n) is 7.59. The van der Waals surface area contributed by atoms with Gasteiger partial charge in [0.05, 0.1) is 25.3 Å². The van der Waals surface area contributed by atoms with E-state index in [9.17, 15) is 0 Å². The SMILES string of the molecule is COc1cccc(OC)c1-c1nc2ccccc2n1C(C)CN. The zero-order chi connectivity index (χ0) is 16.4. The average Bonchev–Trinajstić information content (AvgIpc) is 2.99. The van der Waals surface area contributed by atoms with Crippen molar-refractivity contribution in [2.45, 2.75) is 13.0 Å². The fourth-order valence-electron chi connectivity index (χ4n) is 2.84. The molecule has 1 atom stereocenters. The van der Waals surface area contributed by atoms with Gasteiger partial charge in [-0.15, -0.1) is 0 Å². The number of imidazole rings is 1. The lowest BCUT2D eigenvalue weighted by molar-refractivity contribution is 0.396. The maximum Gasteiger partial charge on any atom is 0.148 e. The number of benzene rings is 2. The number of hydrogen-bond donors (Lipinski definition) is 1. The Bertz CT molecular complexity index is 804. The largest absolute Gasteiger partial charge is 0.496 e. The third kappa shape index (κ3) is 2.53. The molecule has 0 saturated carbocycles. The van der Waals surface area contributed by atoms with Gasteiger partial charge in [0.2, 0.25) is 0 Å². The molecule has 3 rings (SSSR count). The Balaban J connectivity index is 2.37. The summed E-state index contributed by atoms with van der Waals surface area (Å²) >= 11 is 0. The minimum absolute atomic E-state index is 0.104. The molecule has 5 nitrogen and oxygen atoms in total. The number of para-hydroxylation sites is 2. The monoisotopic (exact) mass is 311 g/mol. The molecule has 5 heteroatoms. The molecule has 1 aromatic heterocycles. The van der Waals surface area contributed by atoms with Gasteiger partial charge in [-0.3, -0.25) is 0 Å². The van der Waals surface area contributed by atoms with E-state index >= 15 is 0 Å². The molecule has 0 fully saturated rings. The summed E-state index contributed by atoms with van der Waals surface area (Å²) in [7, 11) is 3.30. The maximum atomic E-state index is 5.93. The Morgan fingerprint density at radius 1 is 1.04 bits per heavy atom. The minimum atomic E-state index is 0.104. The molecule has 1 heterocycles. The topological polar surface area (TPSA) is 62.3 Å². The molecule has 2 N–H and O–H groups in total. The highest BCUT2D eigenvalue weighted by Crippen LogP contribution is 2.40. The predicted molar refractivity (Wildman–Crippen MR) is 92.0 cm³/mol. The van der Waals surface area contributed by atoms with Crippen molar-refractivity contribution in [3.8, 4) is 22.9 Å². The van der Waals surface area contributed by atoms with E-state index in [-0.39, 0.29) is 6.04 Å². The Labute approximate surface area is 135 Å². The van der Waals surface area contributed by atoms with Crippen LogP contribution in [0.25, 0.3) is 22.4 Å². The normalized spacial score (nSPS) is 12.3. The second kappa shape index (κ2) is 6.30. The predicted octanol–water partition coefficient (Wildman–Crippen LogP) is 3.24. The van der Waals surface area contributed by atoms with Gasteiger partial charge in [0, 0.05) is 12.6 Å². The maximum absolute atomic E-state index is 5.93. The van der Waals surface area contributed by atoms with Crippen LogP contribution in [0.1, 0.15) is 13.0 Å². The highest BCUT2D eigenvalue weighted by molar-refractivity contribution is 5.84. The van der Waals surface area contributed by atoms with Crippen LogP contribution < -0.4 is 15.2 Å². The molecule has 0 bridgehead atoms. The van der Waals surface area contributed by atoms with Gasteiger partial charge in [-0.1, -0.05) is 18.2 Å². The summed E-state index contributed by atoms with van der Waals surface area (Å²) in [5.41, 5.74) is 8.75. The van der Waals surface area contributed by atoms with Crippen LogP contribution in [0.3, 0.4) is 0 Å². The van der Waals surface area contributed by atoms with Gasteiger partial charge in [0.25, 0.3) is 0 Å². The van der Waals surface area contributed by atoms with Crippen LogP contribution in [-0.4, -0.2) is 30.3 Å². The third-order valence-corrected chi connectivity index (χ3v) is 4.03. The molecule has 23 heavy (non-hydrogen) atoms. The molecule has 120 valence electrons. The van der Waals surface area contributed by atoms with Crippen LogP contribution in [0, 0.1) is 0 Å². The van der Waals surface area contributed by atoms with Gasteiger partial charge in [0.1, 0.15) is 22.9 Å². The molecule has 0 aliphatic rings. The van der Waals surface area contributed by atoms with Crippen molar-refractivity contribution in [1.82, 2.24) is 9.55 Å². The van der Waals surface area contributed by atoms with Crippen molar-refractivity contribution in [2.75, 3.05) is 20.8 Å². The van der Waals surface area contributed by atoms with Crippen molar-refractivity contribution >= 4 is 11.0 Å². The molecular weight excluding hydrogens is 290 g/mol. The van der Waals surface area contributed by atoms with Crippen LogP contribution >= 0.6 is 0 Å². The zero-order valence-corrected chi connectivity index (χ0v) is 13.6. The number of methoxy groups -OCH3 is 2. The summed E-state index contributed by atoms with van der Waals surface area (Å²) in [4.78, 5) is 4.82. The summed E-state index contributed by atoms with van der Waals surface area (Å²) in [6, 6.07) is 13.9. The molecule has 3 aromatic rings. The van der Waals surface area contributed by atoms with Crippen LogP contribution in [0.2, 0.25) is 0 Å². The summed E-state index contributed by atoms with van der Waals surface area (Å²) in [5.74, 6) is 2.26. The molecule has 0 amide bonds. The lowest BCUT2D eigenvalue weighted by Crippen LogP contribution is -2.17. The quantitative estimate of drug-likeness (QED) is 0.785. The summed E-state index contributed by atoms with van der Waals surface area (Å²) in [6.45, 7) is 2.60. The average molecular weight is 311 g/mol. The third-order valence-electron chi connectivity index (χ3n) is 4.03. The molecular formula is C18H21N3O2. The molecule has 2 aromatic carbocycles. The van der Waals surface area contributed by atoms with Gasteiger partial charge < -0.3 is 19.8 Å². The number of rotatable bonds is 5. The molecule has 0 saturated heterocycles. The van der Waals surface area contributed by atoms with E-state index in [0.29, 0.717) is 6.54 Å². The molecule has 0 spiro atoms. The first-order valence-corrected chi connectivity index (χ1v) is 7.59. The highest BCUT2D eigenvalue weighted by atomic mass is 16.5. The van der Waals surface area contributed by atoms with E-state index in [1.54, 1.807) is 14.2 Å². The number of nitrogens with zero attached hydrogens (tertiary/aromatic N) is 2. The van der Waals surface area contributed by atoms with Crippen LogP contribution in [0.5, 0.6) is 11.5 Å². The number of nitrogens with two attached hydrogens (primary N) is 1. The molecule has 0 aliphatic heterocycles. The Morgan fingerprint density at radius 3 is 2.30 bits per heavy atom. The first-order chi connectivity index (χ1) is 11.2. The fraction of sp³-hybridized carbons (Fsp3) is 0.278. The van der Waals surface area contributed by atoms with Crippen molar-refractivity contribution in [3.05, 3.63) is 42.5 Å². The summed E-state index contributed by atoms with van der Waals surface area (Å²) in [5, 5.41) is 0. The Hall–Kier alpha value is -2.53. The van der Waals surface area contributed by atoms with Crippen molar-refractivity contribution in [1.29, 1.82) is 0 Å². The van der Waals surface area contributed by atoms with Crippen LogP contribution in [0.15, 0.2) is 42.5 Å². The lowest BCUT2D eigenvalue weighted by Gasteiger charge is -2.18. The summed E-state index contributed by atoms with van der Waals surface area (Å²) < 4.78 is 13.2. The standard InChI is InChI=1S/C18H21N3O2/c1-12(11-19)21-14-8-5-4-7-13(14)20-18(21)17-15(22-2)9-6-10-16(17)23-3/h4-10,12H,11,19H2,1-3H3. The highest BCUT2D eigenvalue weighted by Gasteiger charge is 2.22. The van der Waals surface area contributed by atoms with Crippen molar-refractivity contribution < 1.29 is 9.47 Å². The van der Waals surface area contributed by atoms with E-state index in [4.69, 9.17) is 20.2 Å². The molecule has 0 radical (unpaired) electrons. The van der Waals surface area contributed by atoms with Crippen LogP contribution in [0.4, 0.5) is 0 Å². The van der Waals surface area contributed by atoms with Crippen molar-refractivity contribution in [3.63, 3.8) is 0 Å². The van der Waals surface area contributed by atoms with Crippen molar-refractivity contribution in [2.24, 2.45) is 5.73 Å². The van der Waals surface area contributed by atoms with E-state index in [1.807, 2.05) is 36.4 Å². The van der Waals surface area contributed by atoms with E-state index in [0.717, 1.165) is 33.9 Å². The van der Waals surface area contributed by atoms with Gasteiger partial charge in [-0.05, 0) is 31.2 Å². The van der Waals surface area contributed by atoms with E-state index < -0.39 is 0 Å². The van der Waals surface area contributed by atoms with Crippen LogP contribution in [-0.2, 0) is 0 Å². The second-order valence-electron chi connectivity index (χ2n) is 5.42. The first kappa shape index (κ1) is 15.4. The Kier molecular flexibility index (Phi) is 4.21. The molecule has 1 unspecified atom stereocenters. The number of ether oxygens (including phenoxy) is 2. The van der Waals surface area contributed by atoms with Gasteiger partial charge in [0.15, 0.2) is 0 Å². The fourth-order valence-corrected chi connectivity index (χ4v) is 2.84. The number of fused-ring (bicyclic) bond motifs is 1. The van der Waals surface area contributed by atoms with Gasteiger partial charge >= 0.3 is 0 Å².